The molecular formula is C21H20F4N4OS. The van der Waals surface area contributed by atoms with Gasteiger partial charge in [0.2, 0.25) is 0 Å². The second-order valence-electron chi connectivity index (χ2n) is 6.64. The summed E-state index contributed by atoms with van der Waals surface area (Å²) in [5.74, 6) is -0.165. The van der Waals surface area contributed by atoms with Gasteiger partial charge in [0.05, 0.1) is 17.7 Å². The molecule has 0 aliphatic carbocycles. The average molecular weight is 452 g/mol. The maximum absolute atomic E-state index is 13.4. The molecule has 3 rings (SSSR count). The second kappa shape index (κ2) is 9.95. The average Bonchev–Trinajstić information content (AvgIpc) is 3.15. The fourth-order valence-electron chi connectivity index (χ4n) is 2.85. The number of alkyl halides is 3. The maximum atomic E-state index is 13.4. The van der Waals surface area contributed by atoms with Crippen LogP contribution in [-0.2, 0) is 12.7 Å². The van der Waals surface area contributed by atoms with E-state index in [1.165, 1.54) is 36.0 Å². The van der Waals surface area contributed by atoms with Crippen molar-refractivity contribution in [2.24, 2.45) is 0 Å². The molecule has 3 aromatic rings. The van der Waals surface area contributed by atoms with E-state index in [1.807, 2.05) is 0 Å². The largest absolute Gasteiger partial charge is 0.417 e. The standard InChI is InChI=1S/C21H20F4N4OS/c1-2-3-12-31-20-28-27-18(29(20)15-10-8-14(22)9-11-15)13-26-19(30)16-6-4-5-7-17(16)21(23,24)25/h4-11H,2-3,12-13H2,1H3,(H,26,30). The lowest BCUT2D eigenvalue weighted by Gasteiger charge is -2.13. The molecule has 0 unspecified atom stereocenters. The first kappa shape index (κ1) is 22.8. The van der Waals surface area contributed by atoms with E-state index >= 15 is 0 Å². The highest BCUT2D eigenvalue weighted by molar-refractivity contribution is 7.99. The Morgan fingerprint density at radius 1 is 1.10 bits per heavy atom. The minimum atomic E-state index is -4.65. The molecule has 0 atom stereocenters. The number of carbonyl (C=O) groups is 1. The van der Waals surface area contributed by atoms with Gasteiger partial charge in [-0.1, -0.05) is 37.2 Å². The summed E-state index contributed by atoms with van der Waals surface area (Å²) in [6, 6.07) is 10.3. The van der Waals surface area contributed by atoms with Gasteiger partial charge in [0.15, 0.2) is 11.0 Å². The summed E-state index contributed by atoms with van der Waals surface area (Å²) in [6.45, 7) is 1.91. The summed E-state index contributed by atoms with van der Waals surface area (Å²) in [5, 5.41) is 11.3. The van der Waals surface area contributed by atoms with Gasteiger partial charge in [-0.25, -0.2) is 4.39 Å². The van der Waals surface area contributed by atoms with Crippen LogP contribution < -0.4 is 5.32 Å². The normalized spacial score (nSPS) is 11.5. The molecule has 0 aliphatic rings. The first-order valence-corrected chi connectivity index (χ1v) is 10.6. The Hall–Kier alpha value is -2.88. The van der Waals surface area contributed by atoms with Crippen LogP contribution in [0.4, 0.5) is 17.6 Å². The molecule has 10 heteroatoms. The Balaban J connectivity index is 1.85. The first-order valence-electron chi connectivity index (χ1n) is 9.58. The predicted molar refractivity (Wildman–Crippen MR) is 110 cm³/mol. The Kier molecular flexibility index (Phi) is 7.32. The summed E-state index contributed by atoms with van der Waals surface area (Å²) in [6.07, 6.45) is -2.69. The smallest absolute Gasteiger partial charge is 0.345 e. The van der Waals surface area contributed by atoms with Crippen molar-refractivity contribution in [3.05, 3.63) is 71.3 Å². The van der Waals surface area contributed by atoms with Crippen molar-refractivity contribution < 1.29 is 22.4 Å². The topological polar surface area (TPSA) is 59.8 Å². The lowest BCUT2D eigenvalue weighted by atomic mass is 10.1. The zero-order valence-electron chi connectivity index (χ0n) is 16.6. The zero-order chi connectivity index (χ0) is 22.4. The van der Waals surface area contributed by atoms with Gasteiger partial charge in [-0.2, -0.15) is 13.2 Å². The summed E-state index contributed by atoms with van der Waals surface area (Å²) in [7, 11) is 0. The fourth-order valence-corrected chi connectivity index (χ4v) is 3.90. The van der Waals surface area contributed by atoms with Crippen LogP contribution in [0.3, 0.4) is 0 Å². The van der Waals surface area contributed by atoms with Crippen LogP contribution in [0.1, 0.15) is 41.5 Å². The van der Waals surface area contributed by atoms with Crippen molar-refractivity contribution in [1.82, 2.24) is 20.1 Å². The third-order valence-electron chi connectivity index (χ3n) is 4.40. The van der Waals surface area contributed by atoms with E-state index in [1.54, 1.807) is 16.7 Å². The van der Waals surface area contributed by atoms with Gasteiger partial charge in [0, 0.05) is 11.4 Å². The number of hydrogen-bond donors (Lipinski definition) is 1. The summed E-state index contributed by atoms with van der Waals surface area (Å²) < 4.78 is 54.6. The molecular weight excluding hydrogens is 432 g/mol. The van der Waals surface area contributed by atoms with E-state index in [4.69, 9.17) is 0 Å². The van der Waals surface area contributed by atoms with Gasteiger partial charge < -0.3 is 5.32 Å². The highest BCUT2D eigenvalue weighted by atomic mass is 32.2. The summed E-state index contributed by atoms with van der Waals surface area (Å²) in [4.78, 5) is 12.5. The molecule has 0 aliphatic heterocycles. The Bertz CT molecular complexity index is 1030. The molecule has 0 radical (unpaired) electrons. The number of halogens is 4. The third kappa shape index (κ3) is 5.63. The number of unbranched alkanes of at least 4 members (excludes halogenated alkanes) is 1. The van der Waals surface area contributed by atoms with Gasteiger partial charge in [-0.15, -0.1) is 10.2 Å². The van der Waals surface area contributed by atoms with E-state index in [-0.39, 0.29) is 6.54 Å². The number of hydrogen-bond acceptors (Lipinski definition) is 4. The highest BCUT2D eigenvalue weighted by Gasteiger charge is 2.34. The molecule has 2 aromatic carbocycles. The van der Waals surface area contributed by atoms with Crippen LogP contribution in [0.2, 0.25) is 0 Å². The number of aromatic nitrogens is 3. The van der Waals surface area contributed by atoms with Crippen LogP contribution in [-0.4, -0.2) is 26.4 Å². The molecule has 0 saturated carbocycles. The van der Waals surface area contributed by atoms with Crippen molar-refractivity contribution in [2.45, 2.75) is 37.6 Å². The van der Waals surface area contributed by atoms with Gasteiger partial charge in [0.1, 0.15) is 5.82 Å². The third-order valence-corrected chi connectivity index (χ3v) is 5.41. The van der Waals surface area contributed by atoms with Crippen molar-refractivity contribution in [1.29, 1.82) is 0 Å². The van der Waals surface area contributed by atoms with E-state index < -0.39 is 29.0 Å². The number of nitrogens with one attached hydrogen (secondary N) is 1. The van der Waals surface area contributed by atoms with Crippen LogP contribution in [0.5, 0.6) is 0 Å². The van der Waals surface area contributed by atoms with Crippen LogP contribution in [0, 0.1) is 5.82 Å². The Morgan fingerprint density at radius 2 is 1.81 bits per heavy atom. The SMILES string of the molecule is CCCCSc1nnc(CNC(=O)c2ccccc2C(F)(F)F)n1-c1ccc(F)cc1. The lowest BCUT2D eigenvalue weighted by molar-refractivity contribution is -0.137. The molecule has 0 fully saturated rings. The second-order valence-corrected chi connectivity index (χ2v) is 7.70. The quantitative estimate of drug-likeness (QED) is 0.288. The number of benzene rings is 2. The van der Waals surface area contributed by atoms with Gasteiger partial charge in [-0.3, -0.25) is 9.36 Å². The monoisotopic (exact) mass is 452 g/mol. The molecule has 0 spiro atoms. The number of amides is 1. The summed E-state index contributed by atoms with van der Waals surface area (Å²) in [5.41, 5.74) is -0.894. The van der Waals surface area contributed by atoms with Crippen molar-refractivity contribution >= 4 is 17.7 Å². The highest BCUT2D eigenvalue weighted by Crippen LogP contribution is 2.32. The van der Waals surface area contributed by atoms with Crippen LogP contribution in [0.25, 0.3) is 5.69 Å². The fraction of sp³-hybridized carbons (Fsp3) is 0.286. The summed E-state index contributed by atoms with van der Waals surface area (Å²) >= 11 is 1.46. The Morgan fingerprint density at radius 3 is 2.48 bits per heavy atom. The molecule has 1 aromatic heterocycles. The maximum Gasteiger partial charge on any atom is 0.417 e. The molecule has 31 heavy (non-hydrogen) atoms. The zero-order valence-corrected chi connectivity index (χ0v) is 17.4. The molecule has 1 heterocycles. The van der Waals surface area contributed by atoms with Gasteiger partial charge in [-0.05, 0) is 42.8 Å². The van der Waals surface area contributed by atoms with E-state index in [0.29, 0.717) is 16.7 Å². The van der Waals surface area contributed by atoms with Gasteiger partial charge in [0.25, 0.3) is 5.91 Å². The molecule has 5 nitrogen and oxygen atoms in total. The van der Waals surface area contributed by atoms with Crippen molar-refractivity contribution in [3.8, 4) is 5.69 Å². The molecule has 0 bridgehead atoms. The number of rotatable bonds is 8. The van der Waals surface area contributed by atoms with Crippen molar-refractivity contribution in [2.75, 3.05) is 5.75 Å². The van der Waals surface area contributed by atoms with Crippen LogP contribution >= 0.6 is 11.8 Å². The molecule has 164 valence electrons. The minimum absolute atomic E-state index is 0.149. The number of carbonyl (C=O) groups excluding carboxylic acids is 1. The minimum Gasteiger partial charge on any atom is -0.345 e. The van der Waals surface area contributed by atoms with Crippen LogP contribution in [0.15, 0.2) is 53.7 Å². The van der Waals surface area contributed by atoms with Crippen molar-refractivity contribution in [3.63, 3.8) is 0 Å². The first-order chi connectivity index (χ1) is 14.8. The number of nitrogens with zero attached hydrogens (tertiary/aromatic N) is 3. The predicted octanol–water partition coefficient (Wildman–Crippen LogP) is 5.25. The van der Waals surface area contributed by atoms with E-state index in [0.717, 1.165) is 30.7 Å². The molecule has 0 saturated heterocycles. The van der Waals surface area contributed by atoms with E-state index in [9.17, 15) is 22.4 Å². The number of thioether (sulfide) groups is 1. The Labute approximate surface area is 180 Å². The van der Waals surface area contributed by atoms with E-state index in [2.05, 4.69) is 22.4 Å². The molecule has 1 amide bonds. The molecule has 1 N–H and O–H groups in total. The lowest BCUT2D eigenvalue weighted by Crippen LogP contribution is -2.27. The van der Waals surface area contributed by atoms with Gasteiger partial charge >= 0.3 is 6.18 Å².